The Bertz CT molecular complexity index is 706. The van der Waals surface area contributed by atoms with E-state index < -0.39 is 18.3 Å². The van der Waals surface area contributed by atoms with Crippen LogP contribution in [0.1, 0.15) is 40.2 Å². The molecule has 116 valence electrons. The van der Waals surface area contributed by atoms with Crippen molar-refractivity contribution >= 4 is 23.4 Å². The van der Waals surface area contributed by atoms with Gasteiger partial charge in [-0.05, 0) is 68.0 Å². The molecule has 1 heterocycles. The van der Waals surface area contributed by atoms with E-state index in [4.69, 9.17) is 9.31 Å². The minimum absolute atomic E-state index is 0.241. The van der Waals surface area contributed by atoms with Crippen LogP contribution in [0.5, 0.6) is 5.75 Å². The Hall–Kier alpha value is -1.52. The van der Waals surface area contributed by atoms with Gasteiger partial charge in [0.1, 0.15) is 5.75 Å². The zero-order chi connectivity index (χ0) is 16.1. The van der Waals surface area contributed by atoms with Gasteiger partial charge in [0.2, 0.25) is 0 Å². The summed E-state index contributed by atoms with van der Waals surface area (Å²) >= 11 is 0. The van der Waals surface area contributed by atoms with E-state index in [1.54, 1.807) is 12.1 Å². The fourth-order valence-electron chi connectivity index (χ4n) is 2.98. The summed E-state index contributed by atoms with van der Waals surface area (Å²) in [5, 5.41) is 12.2. The van der Waals surface area contributed by atoms with Crippen molar-refractivity contribution in [3.05, 3.63) is 35.9 Å². The van der Waals surface area contributed by atoms with Gasteiger partial charge in [-0.2, -0.15) is 0 Å². The Balaban J connectivity index is 2.19. The van der Waals surface area contributed by atoms with Crippen molar-refractivity contribution in [2.45, 2.75) is 52.2 Å². The molecule has 3 nitrogen and oxygen atoms in total. The molecule has 0 saturated carbocycles. The van der Waals surface area contributed by atoms with E-state index in [1.165, 1.54) is 5.56 Å². The van der Waals surface area contributed by atoms with Crippen LogP contribution in [0.2, 0.25) is 0 Å². The highest BCUT2D eigenvalue weighted by atomic mass is 16.7. The van der Waals surface area contributed by atoms with Crippen molar-refractivity contribution in [3.63, 3.8) is 0 Å². The lowest BCUT2D eigenvalue weighted by molar-refractivity contribution is 0.00578. The summed E-state index contributed by atoms with van der Waals surface area (Å²) < 4.78 is 12.4. The molecule has 0 aliphatic carbocycles. The Labute approximate surface area is 132 Å². The van der Waals surface area contributed by atoms with Crippen molar-refractivity contribution in [1.29, 1.82) is 0 Å². The first-order chi connectivity index (χ1) is 10.2. The van der Waals surface area contributed by atoms with E-state index in [9.17, 15) is 5.11 Å². The zero-order valence-corrected chi connectivity index (χ0v) is 13.9. The lowest BCUT2D eigenvalue weighted by atomic mass is 9.74. The predicted molar refractivity (Wildman–Crippen MR) is 90.7 cm³/mol. The van der Waals surface area contributed by atoms with Crippen molar-refractivity contribution < 1.29 is 14.4 Å². The molecule has 0 aromatic heterocycles. The number of hydrogen-bond acceptors (Lipinski definition) is 3. The van der Waals surface area contributed by atoms with Gasteiger partial charge >= 0.3 is 7.12 Å². The summed E-state index contributed by atoms with van der Waals surface area (Å²) in [4.78, 5) is 0. The van der Waals surface area contributed by atoms with Gasteiger partial charge in [0.05, 0.1) is 11.2 Å². The van der Waals surface area contributed by atoms with E-state index in [0.717, 1.165) is 22.7 Å². The van der Waals surface area contributed by atoms with Gasteiger partial charge in [0.15, 0.2) is 0 Å². The van der Waals surface area contributed by atoms with Crippen LogP contribution in [0.3, 0.4) is 0 Å². The molecule has 3 rings (SSSR count). The minimum atomic E-state index is -0.465. The van der Waals surface area contributed by atoms with E-state index in [0.29, 0.717) is 0 Å². The molecule has 2 aromatic carbocycles. The number of hydrogen-bond donors (Lipinski definition) is 1. The number of phenols is 1. The highest BCUT2D eigenvalue weighted by Gasteiger charge is 2.52. The Morgan fingerprint density at radius 1 is 1.05 bits per heavy atom. The standard InChI is InChI=1S/C18H23BO3/c1-6-12-8-7-9-13-10-14(20)11-15(16(12)13)19-21-17(2,3)18(4,5)22-19/h7-11,20H,6H2,1-5H3. The SMILES string of the molecule is CCc1cccc2cc(O)cc(B3OC(C)(C)C(C)(C)O3)c12. The van der Waals surface area contributed by atoms with E-state index in [-0.39, 0.29) is 5.75 Å². The maximum Gasteiger partial charge on any atom is 0.495 e. The van der Waals surface area contributed by atoms with Gasteiger partial charge < -0.3 is 14.4 Å². The van der Waals surface area contributed by atoms with Gasteiger partial charge in [-0.3, -0.25) is 0 Å². The van der Waals surface area contributed by atoms with Crippen LogP contribution in [0, 0.1) is 0 Å². The molecule has 1 saturated heterocycles. The highest BCUT2D eigenvalue weighted by Crippen LogP contribution is 2.37. The normalized spacial score (nSPS) is 19.8. The molecule has 22 heavy (non-hydrogen) atoms. The third kappa shape index (κ3) is 2.31. The molecule has 0 spiro atoms. The van der Waals surface area contributed by atoms with Crippen LogP contribution in [0.4, 0.5) is 0 Å². The van der Waals surface area contributed by atoms with Gasteiger partial charge in [0.25, 0.3) is 0 Å². The van der Waals surface area contributed by atoms with Crippen molar-refractivity contribution in [1.82, 2.24) is 0 Å². The van der Waals surface area contributed by atoms with E-state index in [2.05, 4.69) is 13.0 Å². The third-order valence-corrected chi connectivity index (χ3v) is 4.97. The van der Waals surface area contributed by atoms with Crippen LogP contribution in [-0.2, 0) is 15.7 Å². The van der Waals surface area contributed by atoms with Crippen molar-refractivity contribution in [3.8, 4) is 5.75 Å². The lowest BCUT2D eigenvalue weighted by Crippen LogP contribution is -2.41. The zero-order valence-electron chi connectivity index (χ0n) is 13.9. The summed E-state index contributed by atoms with van der Waals surface area (Å²) in [5.41, 5.74) is 1.36. The lowest BCUT2D eigenvalue weighted by Gasteiger charge is -2.32. The molecule has 1 fully saturated rings. The molecule has 2 aromatic rings. The summed E-state index contributed by atoms with van der Waals surface area (Å²) in [6, 6.07) is 9.72. The van der Waals surface area contributed by atoms with Gasteiger partial charge in [0, 0.05) is 0 Å². The first-order valence-electron chi connectivity index (χ1n) is 7.85. The largest absolute Gasteiger partial charge is 0.508 e. The number of aryl methyl sites for hydroxylation is 1. The van der Waals surface area contributed by atoms with Gasteiger partial charge in [-0.15, -0.1) is 0 Å². The second-order valence-electron chi connectivity index (χ2n) is 6.99. The number of aromatic hydroxyl groups is 1. The second-order valence-corrected chi connectivity index (χ2v) is 6.99. The number of benzene rings is 2. The molecular formula is C18H23BO3. The first kappa shape index (κ1) is 15.4. The Morgan fingerprint density at radius 2 is 1.68 bits per heavy atom. The summed E-state index contributed by atoms with van der Waals surface area (Å²) in [6.07, 6.45) is 0.925. The average molecular weight is 298 g/mol. The molecule has 4 heteroatoms. The average Bonchev–Trinajstić information content (AvgIpc) is 2.65. The maximum absolute atomic E-state index is 10.1. The second kappa shape index (κ2) is 5.00. The molecule has 1 N–H and O–H groups in total. The molecule has 0 atom stereocenters. The van der Waals surface area contributed by atoms with Crippen molar-refractivity contribution in [2.24, 2.45) is 0 Å². The molecule has 0 bridgehead atoms. The quantitative estimate of drug-likeness (QED) is 0.864. The molecule has 0 amide bonds. The summed E-state index contributed by atoms with van der Waals surface area (Å²) in [7, 11) is -0.465. The molecule has 1 aliphatic rings. The maximum atomic E-state index is 10.1. The van der Waals surface area contributed by atoms with Crippen molar-refractivity contribution in [2.75, 3.05) is 0 Å². The molecule has 1 aliphatic heterocycles. The van der Waals surface area contributed by atoms with Gasteiger partial charge in [-0.1, -0.05) is 25.1 Å². The minimum Gasteiger partial charge on any atom is -0.508 e. The van der Waals surface area contributed by atoms with Crippen LogP contribution in [-0.4, -0.2) is 23.4 Å². The fraction of sp³-hybridized carbons (Fsp3) is 0.444. The van der Waals surface area contributed by atoms with Crippen LogP contribution in [0.25, 0.3) is 10.8 Å². The summed E-state index contributed by atoms with van der Waals surface area (Å²) in [5.74, 6) is 0.241. The van der Waals surface area contributed by atoms with E-state index >= 15 is 0 Å². The smallest absolute Gasteiger partial charge is 0.495 e. The Morgan fingerprint density at radius 3 is 2.27 bits per heavy atom. The molecule has 0 radical (unpaired) electrons. The number of rotatable bonds is 2. The fourth-order valence-corrected chi connectivity index (χ4v) is 2.98. The first-order valence-corrected chi connectivity index (χ1v) is 7.85. The van der Waals surface area contributed by atoms with Gasteiger partial charge in [-0.25, -0.2) is 0 Å². The van der Waals surface area contributed by atoms with Crippen LogP contribution >= 0.6 is 0 Å². The van der Waals surface area contributed by atoms with E-state index in [1.807, 2.05) is 39.8 Å². The Kier molecular flexibility index (Phi) is 3.50. The topological polar surface area (TPSA) is 38.7 Å². The van der Waals surface area contributed by atoms with Crippen LogP contribution in [0.15, 0.2) is 30.3 Å². The summed E-state index contributed by atoms with van der Waals surface area (Å²) in [6.45, 7) is 10.3. The molecule has 0 unspecified atom stereocenters. The monoisotopic (exact) mass is 298 g/mol. The molecular weight excluding hydrogens is 275 g/mol. The highest BCUT2D eigenvalue weighted by molar-refractivity contribution is 6.65. The predicted octanol–water partition coefficient (Wildman–Crippen LogP) is 3.41. The van der Waals surface area contributed by atoms with Crippen LogP contribution < -0.4 is 5.46 Å². The number of fused-ring (bicyclic) bond motifs is 1. The third-order valence-electron chi connectivity index (χ3n) is 4.97. The number of phenolic OH excluding ortho intramolecular Hbond substituents is 1.